The molecule has 3 aromatic carbocycles. The number of hydrogen-bond donors (Lipinski definition) is 2. The summed E-state index contributed by atoms with van der Waals surface area (Å²) >= 11 is 5.68. The van der Waals surface area contributed by atoms with Crippen molar-refractivity contribution < 1.29 is 9.53 Å². The minimum absolute atomic E-state index is 0.00773. The Balaban J connectivity index is 1.45. The van der Waals surface area contributed by atoms with Crippen molar-refractivity contribution in [3.8, 4) is 5.75 Å². The molecule has 5 nitrogen and oxygen atoms in total. The van der Waals surface area contributed by atoms with Gasteiger partial charge in [0.05, 0.1) is 13.2 Å². The predicted molar refractivity (Wildman–Crippen MR) is 135 cm³/mol. The lowest BCUT2D eigenvalue weighted by Crippen LogP contribution is -2.50. The molecule has 0 aliphatic carbocycles. The summed E-state index contributed by atoms with van der Waals surface area (Å²) in [6.07, 6.45) is 1.70. The fourth-order valence-electron chi connectivity index (χ4n) is 4.29. The molecule has 33 heavy (non-hydrogen) atoms. The van der Waals surface area contributed by atoms with Gasteiger partial charge in [0.1, 0.15) is 11.8 Å². The predicted octanol–water partition coefficient (Wildman–Crippen LogP) is 4.44. The van der Waals surface area contributed by atoms with Crippen molar-refractivity contribution in [1.29, 1.82) is 0 Å². The molecule has 0 saturated carbocycles. The number of ether oxygens (including phenoxy) is 1. The van der Waals surface area contributed by atoms with Gasteiger partial charge < -0.3 is 20.3 Å². The molecule has 1 atom stereocenters. The number of benzene rings is 3. The molecule has 0 unspecified atom stereocenters. The lowest BCUT2D eigenvalue weighted by atomic mass is 9.98. The van der Waals surface area contributed by atoms with Crippen LogP contribution < -0.4 is 15.4 Å². The summed E-state index contributed by atoms with van der Waals surface area (Å²) in [4.78, 5) is 15.4. The standard InChI is InChI=1S/C27H29N3O2S/c1-32-24-17-9-8-15-22(24)19-28-27(33)30-18-10-16-23(30)26(31)29-25(20-11-4-2-5-12-20)21-13-6-3-7-14-21/h2-9,11-15,17,23,25H,10,16,18-19H2,1H3,(H,28,33)(H,29,31)/t23-/m0/s1. The number of carbonyl (C=O) groups excluding carboxylic acids is 1. The maximum absolute atomic E-state index is 13.4. The van der Waals surface area contributed by atoms with E-state index in [1.807, 2.05) is 89.8 Å². The van der Waals surface area contributed by atoms with Crippen LogP contribution in [0.25, 0.3) is 0 Å². The van der Waals surface area contributed by atoms with Gasteiger partial charge in [-0.1, -0.05) is 78.9 Å². The minimum Gasteiger partial charge on any atom is -0.496 e. The van der Waals surface area contributed by atoms with Crippen LogP contribution in [0, 0.1) is 0 Å². The molecule has 1 aliphatic heterocycles. The zero-order valence-corrected chi connectivity index (χ0v) is 19.6. The van der Waals surface area contributed by atoms with Crippen LogP contribution in [-0.4, -0.2) is 35.6 Å². The highest BCUT2D eigenvalue weighted by Crippen LogP contribution is 2.25. The van der Waals surface area contributed by atoms with E-state index in [0.717, 1.165) is 41.8 Å². The number of nitrogens with zero attached hydrogens (tertiary/aromatic N) is 1. The van der Waals surface area contributed by atoms with E-state index in [1.54, 1.807) is 7.11 Å². The first kappa shape index (κ1) is 22.8. The molecule has 1 fully saturated rings. The van der Waals surface area contributed by atoms with Gasteiger partial charge in [0.2, 0.25) is 5.91 Å². The number of para-hydroxylation sites is 1. The average molecular weight is 460 g/mol. The van der Waals surface area contributed by atoms with Crippen LogP contribution in [0.5, 0.6) is 5.75 Å². The highest BCUT2D eigenvalue weighted by Gasteiger charge is 2.33. The van der Waals surface area contributed by atoms with Crippen molar-refractivity contribution in [2.75, 3.05) is 13.7 Å². The van der Waals surface area contributed by atoms with Crippen molar-refractivity contribution in [3.05, 3.63) is 102 Å². The first-order chi connectivity index (χ1) is 16.2. The van der Waals surface area contributed by atoms with Gasteiger partial charge in [-0.05, 0) is 42.3 Å². The highest BCUT2D eigenvalue weighted by atomic mass is 32.1. The topological polar surface area (TPSA) is 53.6 Å². The van der Waals surface area contributed by atoms with Crippen LogP contribution in [0.2, 0.25) is 0 Å². The number of carbonyl (C=O) groups is 1. The average Bonchev–Trinajstić information content (AvgIpc) is 3.37. The van der Waals surface area contributed by atoms with Crippen molar-refractivity contribution in [2.45, 2.75) is 31.5 Å². The zero-order valence-electron chi connectivity index (χ0n) is 18.7. The van der Waals surface area contributed by atoms with Crippen LogP contribution in [0.4, 0.5) is 0 Å². The van der Waals surface area contributed by atoms with Crippen molar-refractivity contribution >= 4 is 23.2 Å². The van der Waals surface area contributed by atoms with Crippen LogP contribution in [0.1, 0.15) is 35.6 Å². The molecule has 6 heteroatoms. The molecule has 0 bridgehead atoms. The third kappa shape index (κ3) is 5.52. The highest BCUT2D eigenvalue weighted by molar-refractivity contribution is 7.80. The zero-order chi connectivity index (χ0) is 23.0. The Hall–Kier alpha value is -3.38. The summed E-state index contributed by atoms with van der Waals surface area (Å²) in [5.41, 5.74) is 3.13. The molecule has 3 aromatic rings. The number of methoxy groups -OCH3 is 1. The number of amides is 1. The lowest BCUT2D eigenvalue weighted by Gasteiger charge is -2.29. The van der Waals surface area contributed by atoms with E-state index in [0.29, 0.717) is 11.7 Å². The Bertz CT molecular complexity index is 1040. The minimum atomic E-state index is -0.294. The summed E-state index contributed by atoms with van der Waals surface area (Å²) in [7, 11) is 1.66. The molecule has 1 aliphatic rings. The van der Waals surface area contributed by atoms with E-state index >= 15 is 0 Å². The smallest absolute Gasteiger partial charge is 0.243 e. The van der Waals surface area contributed by atoms with Gasteiger partial charge in [0, 0.05) is 18.7 Å². The van der Waals surface area contributed by atoms with E-state index in [9.17, 15) is 4.79 Å². The number of likely N-dealkylation sites (tertiary alicyclic amines) is 1. The Morgan fingerprint density at radius 3 is 2.24 bits per heavy atom. The molecule has 0 spiro atoms. The molecule has 170 valence electrons. The van der Waals surface area contributed by atoms with Gasteiger partial charge in [0.25, 0.3) is 0 Å². The van der Waals surface area contributed by atoms with Gasteiger partial charge in [-0.2, -0.15) is 0 Å². The van der Waals surface area contributed by atoms with E-state index in [1.165, 1.54) is 0 Å². The van der Waals surface area contributed by atoms with E-state index in [2.05, 4.69) is 10.6 Å². The Kier molecular flexibility index (Phi) is 7.58. The summed E-state index contributed by atoms with van der Waals surface area (Å²) in [5, 5.41) is 7.19. The van der Waals surface area contributed by atoms with Gasteiger partial charge in [-0.3, -0.25) is 4.79 Å². The molecular weight excluding hydrogens is 430 g/mol. The second-order valence-corrected chi connectivity index (χ2v) is 8.47. The molecule has 0 radical (unpaired) electrons. The van der Waals surface area contributed by atoms with Gasteiger partial charge >= 0.3 is 0 Å². The van der Waals surface area contributed by atoms with Gasteiger partial charge in [-0.15, -0.1) is 0 Å². The molecule has 2 N–H and O–H groups in total. The lowest BCUT2D eigenvalue weighted by molar-refractivity contribution is -0.124. The summed E-state index contributed by atoms with van der Waals surface area (Å²) in [5.74, 6) is 0.809. The maximum atomic E-state index is 13.4. The molecule has 1 saturated heterocycles. The Morgan fingerprint density at radius 2 is 1.61 bits per heavy atom. The monoisotopic (exact) mass is 459 g/mol. The van der Waals surface area contributed by atoms with Crippen LogP contribution in [0.15, 0.2) is 84.9 Å². The summed E-state index contributed by atoms with van der Waals surface area (Å²) < 4.78 is 5.43. The molecule has 4 rings (SSSR count). The summed E-state index contributed by atoms with van der Waals surface area (Å²) in [6, 6.07) is 27.5. The number of thiocarbonyl (C=S) groups is 1. The van der Waals surface area contributed by atoms with Crippen LogP contribution in [0.3, 0.4) is 0 Å². The molecule has 0 aromatic heterocycles. The van der Waals surface area contributed by atoms with Gasteiger partial charge in [-0.25, -0.2) is 0 Å². The number of nitrogens with one attached hydrogen (secondary N) is 2. The number of rotatable bonds is 7. The first-order valence-electron chi connectivity index (χ1n) is 11.2. The quantitative estimate of drug-likeness (QED) is 0.512. The second kappa shape index (κ2) is 11.0. The Morgan fingerprint density at radius 1 is 1.00 bits per heavy atom. The Labute approximate surface area is 200 Å². The third-order valence-electron chi connectivity index (χ3n) is 5.99. The van der Waals surface area contributed by atoms with Crippen LogP contribution >= 0.6 is 12.2 Å². The van der Waals surface area contributed by atoms with Crippen LogP contribution in [-0.2, 0) is 11.3 Å². The van der Waals surface area contributed by atoms with Crippen molar-refractivity contribution in [3.63, 3.8) is 0 Å². The largest absolute Gasteiger partial charge is 0.496 e. The second-order valence-electron chi connectivity index (χ2n) is 8.08. The SMILES string of the molecule is COc1ccccc1CNC(=S)N1CCC[C@H]1C(=O)NC(c1ccccc1)c1ccccc1. The van der Waals surface area contributed by atoms with E-state index in [4.69, 9.17) is 17.0 Å². The molecule has 1 heterocycles. The fraction of sp³-hybridized carbons (Fsp3) is 0.259. The summed E-state index contributed by atoms with van der Waals surface area (Å²) in [6.45, 7) is 1.31. The van der Waals surface area contributed by atoms with Crippen molar-refractivity contribution in [2.24, 2.45) is 0 Å². The normalized spacial score (nSPS) is 15.3. The molecule has 1 amide bonds. The fourth-order valence-corrected chi connectivity index (χ4v) is 4.58. The van der Waals surface area contributed by atoms with Gasteiger partial charge in [0.15, 0.2) is 5.11 Å². The van der Waals surface area contributed by atoms with E-state index in [-0.39, 0.29) is 18.0 Å². The maximum Gasteiger partial charge on any atom is 0.243 e. The molecular formula is C27H29N3O2S. The van der Waals surface area contributed by atoms with E-state index < -0.39 is 0 Å². The first-order valence-corrected chi connectivity index (χ1v) is 11.6. The van der Waals surface area contributed by atoms with Crippen molar-refractivity contribution in [1.82, 2.24) is 15.5 Å². The number of hydrogen-bond acceptors (Lipinski definition) is 3. The third-order valence-corrected chi connectivity index (χ3v) is 6.37.